The number of carbonyl (C=O) groups is 1. The van der Waals surface area contributed by atoms with Crippen LogP contribution in [0.15, 0.2) is 23.1 Å². The minimum absolute atomic E-state index is 0.165. The number of rotatable bonds is 6. The molecule has 0 spiro atoms. The molecule has 0 aliphatic carbocycles. The zero-order valence-electron chi connectivity index (χ0n) is 15.5. The predicted octanol–water partition coefficient (Wildman–Crippen LogP) is 2.52. The van der Waals surface area contributed by atoms with Gasteiger partial charge in [-0.2, -0.15) is 17.5 Å². The Morgan fingerprint density at radius 1 is 1.34 bits per heavy atom. The van der Waals surface area contributed by atoms with Crippen LogP contribution >= 0.6 is 11.6 Å². The molecule has 0 bridgehead atoms. The Morgan fingerprint density at radius 3 is 2.55 bits per heavy atom. The van der Waals surface area contributed by atoms with E-state index < -0.39 is 27.7 Å². The van der Waals surface area contributed by atoms with E-state index in [1.165, 1.54) is 4.31 Å². The fourth-order valence-corrected chi connectivity index (χ4v) is 5.04. The largest absolute Gasteiger partial charge is 0.426 e. The van der Waals surface area contributed by atoms with E-state index in [0.29, 0.717) is 19.8 Å². The molecule has 1 aliphatic rings. The maximum Gasteiger partial charge on any atom is 0.426 e. The second-order valence-corrected chi connectivity index (χ2v) is 9.24. The Bertz CT molecular complexity index is 859. The van der Waals surface area contributed by atoms with Crippen molar-refractivity contribution in [2.24, 2.45) is 0 Å². The fraction of sp³-hybridized carbons (Fsp3) is 0.588. The van der Waals surface area contributed by atoms with Crippen molar-refractivity contribution in [2.75, 3.05) is 18.5 Å². The van der Waals surface area contributed by atoms with E-state index in [1.54, 1.807) is 0 Å². The number of hydrogen-bond acceptors (Lipinski definition) is 5. The number of anilines is 1. The van der Waals surface area contributed by atoms with Crippen molar-refractivity contribution >= 4 is 33.2 Å². The SMILES string of the molecule is C[C@@](O)(C(=O)Nc1ccc(S(=O)(=O)N2CCCCC2CCO)cc1Cl)C(F)(F)F. The molecule has 2 rings (SSSR count). The lowest BCUT2D eigenvalue weighted by atomic mass is 10.0. The molecular weight excluding hydrogens is 437 g/mol. The van der Waals surface area contributed by atoms with Crippen molar-refractivity contribution in [3.63, 3.8) is 0 Å². The number of hydrogen-bond donors (Lipinski definition) is 3. The van der Waals surface area contributed by atoms with Crippen molar-refractivity contribution in [2.45, 2.75) is 55.3 Å². The summed E-state index contributed by atoms with van der Waals surface area (Å²) in [6, 6.07) is 2.84. The number of nitrogens with zero attached hydrogens (tertiary/aromatic N) is 1. The van der Waals surface area contributed by atoms with Crippen LogP contribution in [0.5, 0.6) is 0 Å². The number of halogens is 4. The van der Waals surface area contributed by atoms with Crippen LogP contribution in [0.2, 0.25) is 5.02 Å². The van der Waals surface area contributed by atoms with Gasteiger partial charge in [0.05, 0.1) is 15.6 Å². The number of sulfonamides is 1. The first-order valence-corrected chi connectivity index (χ1v) is 10.7. The van der Waals surface area contributed by atoms with Crippen molar-refractivity contribution in [3.05, 3.63) is 23.2 Å². The monoisotopic (exact) mass is 458 g/mol. The van der Waals surface area contributed by atoms with Crippen LogP contribution in [0.4, 0.5) is 18.9 Å². The molecule has 2 atom stereocenters. The highest BCUT2D eigenvalue weighted by Crippen LogP contribution is 2.34. The standard InChI is InChI=1S/C17H22ClF3N2O5S/c1-16(26,17(19,20)21)15(25)22-14-6-5-12(10-13(14)18)29(27,28)23-8-3-2-4-11(23)7-9-24/h5-6,10-11,24,26H,2-4,7-9H2,1H3,(H,22,25)/t11?,16-/m1/s1. The lowest BCUT2D eigenvalue weighted by Crippen LogP contribution is -2.52. The third kappa shape index (κ3) is 5.02. The highest BCUT2D eigenvalue weighted by Gasteiger charge is 2.55. The molecule has 164 valence electrons. The first-order chi connectivity index (χ1) is 13.3. The Balaban J connectivity index is 2.27. The van der Waals surface area contributed by atoms with Gasteiger partial charge in [-0.05, 0) is 44.4 Å². The van der Waals surface area contributed by atoms with Gasteiger partial charge in [0.25, 0.3) is 5.91 Å². The molecule has 0 radical (unpaired) electrons. The zero-order chi connectivity index (χ0) is 22.0. The van der Waals surface area contributed by atoms with Gasteiger partial charge in [0.15, 0.2) is 0 Å². The third-order valence-electron chi connectivity index (χ3n) is 4.82. The molecule has 1 saturated heterocycles. The minimum Gasteiger partial charge on any atom is -0.396 e. The zero-order valence-corrected chi connectivity index (χ0v) is 17.1. The van der Waals surface area contributed by atoms with Crippen molar-refractivity contribution in [3.8, 4) is 0 Å². The van der Waals surface area contributed by atoms with Gasteiger partial charge in [-0.25, -0.2) is 8.42 Å². The summed E-state index contributed by atoms with van der Waals surface area (Å²) in [6.07, 6.45) is -2.82. The number of amides is 1. The maximum absolute atomic E-state index is 13.0. The first kappa shape index (κ1) is 23.9. The molecule has 12 heteroatoms. The van der Waals surface area contributed by atoms with Crippen molar-refractivity contribution in [1.82, 2.24) is 4.31 Å². The maximum atomic E-state index is 13.0. The molecule has 1 amide bonds. The molecule has 0 aromatic heterocycles. The molecule has 1 aromatic rings. The van der Waals surface area contributed by atoms with Gasteiger partial charge < -0.3 is 15.5 Å². The van der Waals surface area contributed by atoms with Gasteiger partial charge in [0, 0.05) is 19.2 Å². The Morgan fingerprint density at radius 2 is 2.00 bits per heavy atom. The van der Waals surface area contributed by atoms with Crippen LogP contribution < -0.4 is 5.32 Å². The summed E-state index contributed by atoms with van der Waals surface area (Å²) in [6.45, 7) is 0.409. The average Bonchev–Trinajstić information content (AvgIpc) is 2.62. The molecule has 1 unspecified atom stereocenters. The van der Waals surface area contributed by atoms with E-state index in [1.807, 2.05) is 5.32 Å². The molecular formula is C17H22ClF3N2O5S. The lowest BCUT2D eigenvalue weighted by Gasteiger charge is -2.34. The summed E-state index contributed by atoms with van der Waals surface area (Å²) in [7, 11) is -3.96. The Kier molecular flexibility index (Phi) is 7.21. The number of benzene rings is 1. The fourth-order valence-electron chi connectivity index (χ4n) is 2.99. The van der Waals surface area contributed by atoms with E-state index in [0.717, 1.165) is 24.6 Å². The van der Waals surface area contributed by atoms with Crippen LogP contribution in [-0.4, -0.2) is 59.8 Å². The molecule has 1 aliphatic heterocycles. The van der Waals surface area contributed by atoms with E-state index >= 15 is 0 Å². The number of nitrogens with one attached hydrogen (secondary N) is 1. The highest BCUT2D eigenvalue weighted by molar-refractivity contribution is 7.89. The van der Waals surface area contributed by atoms with Crippen LogP contribution in [0, 0.1) is 0 Å². The van der Waals surface area contributed by atoms with Gasteiger partial charge >= 0.3 is 6.18 Å². The number of aliphatic hydroxyl groups is 2. The van der Waals surface area contributed by atoms with Gasteiger partial charge in [-0.15, -0.1) is 0 Å². The van der Waals surface area contributed by atoms with Gasteiger partial charge in [0.2, 0.25) is 15.6 Å². The van der Waals surface area contributed by atoms with E-state index in [-0.39, 0.29) is 41.2 Å². The van der Waals surface area contributed by atoms with Gasteiger partial charge in [-0.3, -0.25) is 4.79 Å². The number of carbonyl (C=O) groups excluding carboxylic acids is 1. The Labute approximate surface area is 171 Å². The summed E-state index contributed by atoms with van der Waals surface area (Å²) in [5, 5.41) is 20.1. The lowest BCUT2D eigenvalue weighted by molar-refractivity contribution is -0.242. The molecule has 29 heavy (non-hydrogen) atoms. The van der Waals surface area contributed by atoms with Crippen molar-refractivity contribution < 1.29 is 36.6 Å². The summed E-state index contributed by atoms with van der Waals surface area (Å²) in [5.74, 6) is -1.75. The molecule has 1 aromatic carbocycles. The predicted molar refractivity (Wildman–Crippen MR) is 100.0 cm³/mol. The van der Waals surface area contributed by atoms with Gasteiger partial charge in [0.1, 0.15) is 0 Å². The smallest absolute Gasteiger partial charge is 0.396 e. The minimum atomic E-state index is -5.21. The summed E-state index contributed by atoms with van der Waals surface area (Å²) in [5.41, 5.74) is -3.92. The molecule has 1 fully saturated rings. The van der Waals surface area contributed by atoms with E-state index in [4.69, 9.17) is 11.6 Å². The van der Waals surface area contributed by atoms with Crippen molar-refractivity contribution in [1.29, 1.82) is 0 Å². The number of aliphatic hydroxyl groups excluding tert-OH is 1. The molecule has 0 saturated carbocycles. The molecule has 1 heterocycles. The van der Waals surface area contributed by atoms with E-state index in [9.17, 15) is 36.6 Å². The normalized spacial score (nSPS) is 20.9. The Hall–Kier alpha value is -1.40. The summed E-state index contributed by atoms with van der Waals surface area (Å²) < 4.78 is 65.5. The van der Waals surface area contributed by atoms with Gasteiger partial charge in [-0.1, -0.05) is 18.0 Å². The number of piperidine rings is 1. The van der Waals surface area contributed by atoms with Crippen LogP contribution in [0.25, 0.3) is 0 Å². The second kappa shape index (κ2) is 8.76. The summed E-state index contributed by atoms with van der Waals surface area (Å²) >= 11 is 5.98. The number of alkyl halides is 3. The molecule has 7 nitrogen and oxygen atoms in total. The quantitative estimate of drug-likeness (QED) is 0.607. The third-order valence-corrected chi connectivity index (χ3v) is 7.09. The summed E-state index contributed by atoms with van der Waals surface area (Å²) in [4.78, 5) is 11.6. The average molecular weight is 459 g/mol. The highest BCUT2D eigenvalue weighted by atomic mass is 35.5. The van der Waals surface area contributed by atoms with E-state index in [2.05, 4.69) is 0 Å². The van der Waals surface area contributed by atoms with Crippen LogP contribution in [-0.2, 0) is 14.8 Å². The topological polar surface area (TPSA) is 107 Å². The van der Waals surface area contributed by atoms with Crippen LogP contribution in [0.1, 0.15) is 32.6 Å². The first-order valence-electron chi connectivity index (χ1n) is 8.85. The second-order valence-electron chi connectivity index (χ2n) is 6.94. The molecule has 3 N–H and O–H groups in total. The van der Waals surface area contributed by atoms with Crippen LogP contribution in [0.3, 0.4) is 0 Å².